The smallest absolute Gasteiger partial charge is 0.410 e. The average Bonchev–Trinajstić information content (AvgIpc) is 3.14. The molecule has 1 aliphatic rings. The summed E-state index contributed by atoms with van der Waals surface area (Å²) in [5.41, 5.74) is 0.686. The second-order valence-electron chi connectivity index (χ2n) is 9.17. The van der Waals surface area contributed by atoms with Crippen LogP contribution < -0.4 is 10.6 Å². The number of aliphatic imine (C=N–C) groups is 1. The number of hydrogen-bond acceptors (Lipinski definition) is 5. The van der Waals surface area contributed by atoms with Crippen molar-refractivity contribution in [2.45, 2.75) is 78.9 Å². The Hall–Kier alpha value is -1.83. The van der Waals surface area contributed by atoms with Gasteiger partial charge in [-0.3, -0.25) is 0 Å². The summed E-state index contributed by atoms with van der Waals surface area (Å²) >= 11 is 1.67. The lowest BCUT2D eigenvalue weighted by atomic mass is 9.95. The van der Waals surface area contributed by atoms with Crippen LogP contribution in [0, 0.1) is 5.92 Å². The molecule has 1 unspecified atom stereocenters. The fourth-order valence-electron chi connectivity index (χ4n) is 3.34. The van der Waals surface area contributed by atoms with Crippen LogP contribution in [-0.4, -0.2) is 53.7 Å². The van der Waals surface area contributed by atoms with Gasteiger partial charge in [-0.05, 0) is 58.8 Å². The normalized spacial score (nSPS) is 17.9. The molecular weight excluding hydrogens is 398 g/mol. The molecule has 30 heavy (non-hydrogen) atoms. The molecule has 0 saturated carbocycles. The maximum absolute atomic E-state index is 12.3. The molecule has 1 aromatic heterocycles. The monoisotopic (exact) mass is 437 g/mol. The third kappa shape index (κ3) is 8.50. The van der Waals surface area contributed by atoms with Gasteiger partial charge < -0.3 is 20.3 Å². The number of guanidine groups is 1. The largest absolute Gasteiger partial charge is 0.444 e. The molecule has 8 heteroatoms. The number of likely N-dealkylation sites (tertiary alicyclic amines) is 1. The number of nitrogens with zero attached hydrogens (tertiary/aromatic N) is 3. The van der Waals surface area contributed by atoms with Gasteiger partial charge in [0, 0.05) is 31.6 Å². The summed E-state index contributed by atoms with van der Waals surface area (Å²) in [6.45, 7) is 15.9. The Labute approximate surface area is 185 Å². The molecule has 1 aliphatic heterocycles. The fourth-order valence-corrected chi connectivity index (χ4v) is 4.22. The minimum absolute atomic E-state index is 0.195. The van der Waals surface area contributed by atoms with Crippen LogP contribution in [-0.2, 0) is 11.3 Å². The second-order valence-corrected chi connectivity index (χ2v) is 10.1. The standard InChI is InChI=1S/C22H39N5O2S/c1-7-23-20(25-13-19-26-18(15-30-19)16(2)3)24-11-10-17-9-8-12-27(14-17)21(28)29-22(4,5)6/h15-17H,7-14H2,1-6H3,(H2,23,24,25). The Balaban J connectivity index is 1.80. The molecule has 0 aromatic carbocycles. The van der Waals surface area contributed by atoms with Crippen LogP contribution >= 0.6 is 11.3 Å². The highest BCUT2D eigenvalue weighted by Crippen LogP contribution is 2.21. The SMILES string of the molecule is CCNC(=NCc1nc(C(C)C)cs1)NCCC1CCCN(C(=O)OC(C)(C)C)C1. The second kappa shape index (κ2) is 11.5. The molecule has 2 heterocycles. The van der Waals surface area contributed by atoms with Crippen LogP contribution in [0.4, 0.5) is 4.79 Å². The Morgan fingerprint density at radius 3 is 2.80 bits per heavy atom. The van der Waals surface area contributed by atoms with Gasteiger partial charge >= 0.3 is 6.09 Å². The van der Waals surface area contributed by atoms with Crippen molar-refractivity contribution < 1.29 is 9.53 Å². The van der Waals surface area contributed by atoms with Gasteiger partial charge in [0.2, 0.25) is 0 Å². The van der Waals surface area contributed by atoms with E-state index >= 15 is 0 Å². The van der Waals surface area contributed by atoms with E-state index in [2.05, 4.69) is 46.8 Å². The van der Waals surface area contributed by atoms with E-state index in [4.69, 9.17) is 4.74 Å². The van der Waals surface area contributed by atoms with Crippen molar-refractivity contribution in [1.29, 1.82) is 0 Å². The van der Waals surface area contributed by atoms with E-state index < -0.39 is 5.60 Å². The van der Waals surface area contributed by atoms with Gasteiger partial charge in [-0.1, -0.05) is 13.8 Å². The molecular formula is C22H39N5O2S. The number of piperidine rings is 1. The first kappa shape index (κ1) is 24.4. The van der Waals surface area contributed by atoms with Crippen molar-refractivity contribution in [1.82, 2.24) is 20.5 Å². The van der Waals surface area contributed by atoms with Crippen molar-refractivity contribution in [3.05, 3.63) is 16.1 Å². The summed E-state index contributed by atoms with van der Waals surface area (Å²) < 4.78 is 5.53. The van der Waals surface area contributed by atoms with Crippen LogP contribution in [0.3, 0.4) is 0 Å². The lowest BCUT2D eigenvalue weighted by Gasteiger charge is -2.34. The molecule has 0 aliphatic carbocycles. The summed E-state index contributed by atoms with van der Waals surface area (Å²) in [4.78, 5) is 23.5. The number of thiazole rings is 1. The van der Waals surface area contributed by atoms with Crippen molar-refractivity contribution in [3.63, 3.8) is 0 Å². The minimum Gasteiger partial charge on any atom is -0.444 e. The zero-order valence-corrected chi connectivity index (χ0v) is 20.3. The van der Waals surface area contributed by atoms with Crippen molar-refractivity contribution in [2.75, 3.05) is 26.2 Å². The number of carbonyl (C=O) groups excluding carboxylic acids is 1. The van der Waals surface area contributed by atoms with E-state index in [1.165, 1.54) is 0 Å². The van der Waals surface area contributed by atoms with Crippen LogP contribution in [0.15, 0.2) is 10.4 Å². The third-order valence-electron chi connectivity index (χ3n) is 4.89. The number of aromatic nitrogens is 1. The number of rotatable bonds is 7. The first-order chi connectivity index (χ1) is 14.2. The zero-order chi connectivity index (χ0) is 22.1. The molecule has 7 nitrogen and oxygen atoms in total. The predicted octanol–water partition coefficient (Wildman–Crippen LogP) is 4.36. The van der Waals surface area contributed by atoms with Gasteiger partial charge in [-0.2, -0.15) is 0 Å². The highest BCUT2D eigenvalue weighted by molar-refractivity contribution is 7.09. The highest BCUT2D eigenvalue weighted by Gasteiger charge is 2.27. The van der Waals surface area contributed by atoms with E-state index in [1.54, 1.807) is 11.3 Å². The van der Waals surface area contributed by atoms with Crippen LogP contribution in [0.5, 0.6) is 0 Å². The summed E-state index contributed by atoms with van der Waals surface area (Å²) in [6, 6.07) is 0. The number of carbonyl (C=O) groups is 1. The number of ether oxygens (including phenoxy) is 1. The first-order valence-corrected chi connectivity index (χ1v) is 12.0. The molecule has 0 spiro atoms. The van der Waals surface area contributed by atoms with Crippen LogP contribution in [0.1, 0.15) is 77.4 Å². The molecule has 2 rings (SSSR count). The Bertz CT molecular complexity index is 696. The molecule has 1 aromatic rings. The Kier molecular flexibility index (Phi) is 9.39. The van der Waals surface area contributed by atoms with E-state index in [1.807, 2.05) is 25.7 Å². The van der Waals surface area contributed by atoms with E-state index in [9.17, 15) is 4.79 Å². The molecule has 170 valence electrons. The van der Waals surface area contributed by atoms with E-state index in [0.717, 1.165) is 62.1 Å². The summed E-state index contributed by atoms with van der Waals surface area (Å²) in [7, 11) is 0. The average molecular weight is 438 g/mol. The van der Waals surface area contributed by atoms with Gasteiger partial charge in [0.15, 0.2) is 5.96 Å². The fraction of sp³-hybridized carbons (Fsp3) is 0.773. The number of amides is 1. The van der Waals surface area contributed by atoms with Crippen LogP contribution in [0.25, 0.3) is 0 Å². The van der Waals surface area contributed by atoms with Gasteiger partial charge in [0.05, 0.1) is 12.2 Å². The predicted molar refractivity (Wildman–Crippen MR) is 124 cm³/mol. The maximum atomic E-state index is 12.3. The maximum Gasteiger partial charge on any atom is 0.410 e. The topological polar surface area (TPSA) is 78.9 Å². The summed E-state index contributed by atoms with van der Waals surface area (Å²) in [6.07, 6.45) is 2.98. The van der Waals surface area contributed by atoms with Crippen LogP contribution in [0.2, 0.25) is 0 Å². The molecule has 0 radical (unpaired) electrons. The van der Waals surface area contributed by atoms with Crippen molar-refractivity contribution >= 4 is 23.4 Å². The highest BCUT2D eigenvalue weighted by atomic mass is 32.1. The van der Waals surface area contributed by atoms with Gasteiger partial charge in [0.1, 0.15) is 10.6 Å². The minimum atomic E-state index is -0.448. The van der Waals surface area contributed by atoms with Crippen molar-refractivity contribution in [2.24, 2.45) is 10.9 Å². The quantitative estimate of drug-likeness (QED) is 0.489. The van der Waals surface area contributed by atoms with E-state index in [0.29, 0.717) is 18.4 Å². The summed E-state index contributed by atoms with van der Waals surface area (Å²) in [5.74, 6) is 1.74. The lowest BCUT2D eigenvalue weighted by molar-refractivity contribution is 0.0162. The molecule has 1 amide bonds. The Morgan fingerprint density at radius 1 is 1.40 bits per heavy atom. The number of nitrogens with one attached hydrogen (secondary N) is 2. The Morgan fingerprint density at radius 2 is 2.17 bits per heavy atom. The summed E-state index contributed by atoms with van der Waals surface area (Å²) in [5, 5.41) is 9.89. The van der Waals surface area contributed by atoms with Crippen molar-refractivity contribution in [3.8, 4) is 0 Å². The van der Waals surface area contributed by atoms with E-state index in [-0.39, 0.29) is 6.09 Å². The van der Waals surface area contributed by atoms with Gasteiger partial charge in [-0.25, -0.2) is 14.8 Å². The molecule has 1 fully saturated rings. The molecule has 2 N–H and O–H groups in total. The molecule has 1 saturated heterocycles. The molecule has 0 bridgehead atoms. The zero-order valence-electron chi connectivity index (χ0n) is 19.5. The first-order valence-electron chi connectivity index (χ1n) is 11.1. The number of hydrogen-bond donors (Lipinski definition) is 2. The molecule has 1 atom stereocenters. The van der Waals surface area contributed by atoms with Gasteiger partial charge in [0.25, 0.3) is 0 Å². The van der Waals surface area contributed by atoms with Gasteiger partial charge in [-0.15, -0.1) is 11.3 Å². The third-order valence-corrected chi connectivity index (χ3v) is 5.75. The lowest BCUT2D eigenvalue weighted by Crippen LogP contribution is -2.44.